The molecule has 2 aromatic rings. The minimum atomic E-state index is -0.114. The highest BCUT2D eigenvalue weighted by Crippen LogP contribution is 2.40. The lowest BCUT2D eigenvalue weighted by atomic mass is 10.0. The number of amides is 2. The zero-order valence-corrected chi connectivity index (χ0v) is 19.4. The SMILES string of the molecule is CCCN(CCC)C(=O)C1=Cc2ccc(C(=O)N[C@@H]3C[C@H]3c3ccccc3)cc2N=C(N)C1. The van der Waals surface area contributed by atoms with E-state index in [2.05, 4.69) is 36.3 Å². The molecule has 4 rings (SSSR count). The number of benzene rings is 2. The summed E-state index contributed by atoms with van der Waals surface area (Å²) in [6.07, 6.45) is 4.94. The van der Waals surface area contributed by atoms with Crippen LogP contribution < -0.4 is 11.1 Å². The summed E-state index contributed by atoms with van der Waals surface area (Å²) in [5.74, 6) is 0.643. The molecule has 2 atom stereocenters. The summed E-state index contributed by atoms with van der Waals surface area (Å²) in [4.78, 5) is 32.4. The minimum Gasteiger partial charge on any atom is -0.387 e. The molecule has 0 saturated heterocycles. The highest BCUT2D eigenvalue weighted by atomic mass is 16.2. The van der Waals surface area contributed by atoms with Crippen LogP contribution >= 0.6 is 0 Å². The maximum absolute atomic E-state index is 13.1. The van der Waals surface area contributed by atoms with Gasteiger partial charge in [-0.15, -0.1) is 0 Å². The van der Waals surface area contributed by atoms with E-state index in [-0.39, 0.29) is 17.9 Å². The first-order chi connectivity index (χ1) is 16.0. The lowest BCUT2D eigenvalue weighted by Crippen LogP contribution is -2.34. The number of nitrogens with one attached hydrogen (secondary N) is 1. The van der Waals surface area contributed by atoms with E-state index in [1.807, 2.05) is 35.2 Å². The Morgan fingerprint density at radius 3 is 2.52 bits per heavy atom. The molecule has 0 aromatic heterocycles. The van der Waals surface area contributed by atoms with Crippen molar-refractivity contribution in [2.75, 3.05) is 13.1 Å². The number of nitrogens with zero attached hydrogens (tertiary/aromatic N) is 2. The number of hydrogen-bond donors (Lipinski definition) is 2. The van der Waals surface area contributed by atoms with Crippen molar-refractivity contribution in [3.8, 4) is 0 Å². The van der Waals surface area contributed by atoms with Crippen molar-refractivity contribution in [1.29, 1.82) is 0 Å². The average Bonchev–Trinajstić information content (AvgIpc) is 3.60. The standard InChI is InChI=1S/C27H32N4O2/c1-3-12-31(13-4-2)27(33)21-14-19-10-11-20(15-23(19)29-25(28)16-21)26(32)30-24-17-22(24)18-8-6-5-7-9-18/h5-11,14-15,22,24H,3-4,12-13,16-17H2,1-2H3,(H2,28,29)(H,30,32)/t22-,24+/m0/s1. The van der Waals surface area contributed by atoms with Crippen molar-refractivity contribution in [1.82, 2.24) is 10.2 Å². The predicted molar refractivity (Wildman–Crippen MR) is 133 cm³/mol. The van der Waals surface area contributed by atoms with Gasteiger partial charge in [0, 0.05) is 48.2 Å². The normalized spacial score (nSPS) is 19.0. The fourth-order valence-electron chi connectivity index (χ4n) is 4.40. The number of hydrogen-bond acceptors (Lipinski definition) is 4. The molecule has 6 nitrogen and oxygen atoms in total. The smallest absolute Gasteiger partial charge is 0.251 e. The van der Waals surface area contributed by atoms with Crippen LogP contribution in [0.2, 0.25) is 0 Å². The largest absolute Gasteiger partial charge is 0.387 e. The van der Waals surface area contributed by atoms with E-state index in [1.165, 1.54) is 5.56 Å². The van der Waals surface area contributed by atoms with Crippen molar-refractivity contribution < 1.29 is 9.59 Å². The van der Waals surface area contributed by atoms with Gasteiger partial charge in [0.15, 0.2) is 0 Å². The molecule has 0 bridgehead atoms. The minimum absolute atomic E-state index is 0.00667. The zero-order chi connectivity index (χ0) is 23.4. The highest BCUT2D eigenvalue weighted by molar-refractivity contribution is 6.06. The summed E-state index contributed by atoms with van der Waals surface area (Å²) in [5, 5.41) is 3.13. The third kappa shape index (κ3) is 5.33. The van der Waals surface area contributed by atoms with Crippen LogP contribution in [0.5, 0.6) is 0 Å². The molecule has 1 aliphatic carbocycles. The second kappa shape index (κ2) is 10.0. The maximum Gasteiger partial charge on any atom is 0.251 e. The Morgan fingerprint density at radius 1 is 1.09 bits per heavy atom. The summed E-state index contributed by atoms with van der Waals surface area (Å²) in [6, 6.07) is 15.8. The topological polar surface area (TPSA) is 87.8 Å². The second-order valence-electron chi connectivity index (χ2n) is 8.85. The number of nitrogens with two attached hydrogens (primary N) is 1. The Labute approximate surface area is 195 Å². The van der Waals surface area contributed by atoms with Gasteiger partial charge in [-0.25, -0.2) is 4.99 Å². The molecule has 0 spiro atoms. The number of amidine groups is 1. The lowest BCUT2D eigenvalue weighted by Gasteiger charge is -2.22. The Morgan fingerprint density at radius 2 is 1.82 bits per heavy atom. The summed E-state index contributed by atoms with van der Waals surface area (Å²) < 4.78 is 0. The molecule has 0 unspecified atom stereocenters. The van der Waals surface area contributed by atoms with Gasteiger partial charge in [0.05, 0.1) is 5.69 Å². The van der Waals surface area contributed by atoms with Gasteiger partial charge in [-0.2, -0.15) is 0 Å². The molecule has 2 aromatic carbocycles. The monoisotopic (exact) mass is 444 g/mol. The predicted octanol–water partition coefficient (Wildman–Crippen LogP) is 4.40. The number of aliphatic imine (C=N–C) groups is 1. The number of carbonyl (C=O) groups excluding carboxylic acids is 2. The van der Waals surface area contributed by atoms with Gasteiger partial charge in [-0.05, 0) is 43.0 Å². The first-order valence-corrected chi connectivity index (χ1v) is 11.8. The molecule has 1 aliphatic heterocycles. The van der Waals surface area contributed by atoms with E-state index in [0.29, 0.717) is 35.0 Å². The Bertz CT molecular complexity index is 1080. The Kier molecular flexibility index (Phi) is 6.92. The van der Waals surface area contributed by atoms with Crippen LogP contribution in [0.15, 0.2) is 59.1 Å². The lowest BCUT2D eigenvalue weighted by molar-refractivity contribution is -0.127. The van der Waals surface area contributed by atoms with Crippen molar-refractivity contribution >= 4 is 29.4 Å². The fraction of sp³-hybridized carbons (Fsp3) is 0.370. The van der Waals surface area contributed by atoms with E-state index in [4.69, 9.17) is 5.73 Å². The Balaban J connectivity index is 1.50. The summed E-state index contributed by atoms with van der Waals surface area (Å²) in [6.45, 7) is 5.58. The summed E-state index contributed by atoms with van der Waals surface area (Å²) >= 11 is 0. The maximum atomic E-state index is 13.1. The van der Waals surface area contributed by atoms with Crippen molar-refractivity contribution in [3.63, 3.8) is 0 Å². The van der Waals surface area contributed by atoms with Crippen molar-refractivity contribution in [2.24, 2.45) is 10.7 Å². The van der Waals surface area contributed by atoms with E-state index in [9.17, 15) is 9.59 Å². The van der Waals surface area contributed by atoms with Gasteiger partial charge < -0.3 is 16.0 Å². The summed E-state index contributed by atoms with van der Waals surface area (Å²) in [7, 11) is 0. The van der Waals surface area contributed by atoms with Crippen LogP contribution in [-0.4, -0.2) is 41.7 Å². The number of rotatable bonds is 8. The molecule has 0 radical (unpaired) electrons. The van der Waals surface area contributed by atoms with Gasteiger partial charge in [0.1, 0.15) is 5.84 Å². The average molecular weight is 445 g/mol. The third-order valence-electron chi connectivity index (χ3n) is 6.14. The van der Waals surface area contributed by atoms with Crippen LogP contribution in [0, 0.1) is 0 Å². The fourth-order valence-corrected chi connectivity index (χ4v) is 4.40. The molecule has 6 heteroatoms. The second-order valence-corrected chi connectivity index (χ2v) is 8.85. The van der Waals surface area contributed by atoms with E-state index in [1.54, 1.807) is 12.1 Å². The molecule has 3 N–H and O–H groups in total. The van der Waals surface area contributed by atoms with Crippen LogP contribution in [0.4, 0.5) is 5.69 Å². The van der Waals surface area contributed by atoms with Gasteiger partial charge in [0.2, 0.25) is 5.91 Å². The first-order valence-electron chi connectivity index (χ1n) is 11.8. The summed E-state index contributed by atoms with van der Waals surface area (Å²) in [5.41, 5.74) is 10.0. The van der Waals surface area contributed by atoms with Gasteiger partial charge in [0.25, 0.3) is 5.91 Å². The molecule has 33 heavy (non-hydrogen) atoms. The molecule has 1 saturated carbocycles. The molecule has 2 aliphatic rings. The molecule has 2 amide bonds. The molecular weight excluding hydrogens is 412 g/mol. The van der Waals surface area contributed by atoms with E-state index < -0.39 is 0 Å². The number of fused-ring (bicyclic) bond motifs is 1. The molecule has 1 heterocycles. The first kappa shape index (κ1) is 22.8. The molecule has 172 valence electrons. The zero-order valence-electron chi connectivity index (χ0n) is 19.4. The van der Waals surface area contributed by atoms with Crippen LogP contribution in [0.1, 0.15) is 66.9 Å². The van der Waals surface area contributed by atoms with Crippen LogP contribution in [-0.2, 0) is 4.79 Å². The number of carbonyl (C=O) groups is 2. The highest BCUT2D eigenvalue weighted by Gasteiger charge is 2.39. The van der Waals surface area contributed by atoms with Crippen molar-refractivity contribution in [2.45, 2.75) is 51.5 Å². The molecule has 1 fully saturated rings. The van der Waals surface area contributed by atoms with Crippen molar-refractivity contribution in [3.05, 3.63) is 70.8 Å². The van der Waals surface area contributed by atoms with Gasteiger partial charge >= 0.3 is 0 Å². The van der Waals surface area contributed by atoms with E-state index in [0.717, 1.165) is 37.9 Å². The van der Waals surface area contributed by atoms with Gasteiger partial charge in [-0.3, -0.25) is 9.59 Å². The van der Waals surface area contributed by atoms with Crippen LogP contribution in [0.25, 0.3) is 6.08 Å². The quantitative estimate of drug-likeness (QED) is 0.633. The van der Waals surface area contributed by atoms with Crippen LogP contribution in [0.3, 0.4) is 0 Å². The van der Waals surface area contributed by atoms with Gasteiger partial charge in [-0.1, -0.05) is 50.2 Å². The molecular formula is C27H32N4O2. The third-order valence-corrected chi connectivity index (χ3v) is 6.14. The Hall–Kier alpha value is -3.41. The van der Waals surface area contributed by atoms with E-state index >= 15 is 0 Å².